The van der Waals surface area contributed by atoms with Crippen LogP contribution in [0.25, 0.3) is 16.2 Å². The molecule has 1 aliphatic carbocycles. The molecule has 13 heteroatoms. The van der Waals surface area contributed by atoms with Gasteiger partial charge in [0.15, 0.2) is 5.82 Å². The van der Waals surface area contributed by atoms with Crippen LogP contribution >= 0.6 is 11.3 Å². The van der Waals surface area contributed by atoms with Crippen molar-refractivity contribution >= 4 is 27.5 Å². The number of pyridine rings is 2. The maximum absolute atomic E-state index is 13.9. The molecule has 0 aliphatic heterocycles. The molecule has 0 radical (unpaired) electrons. The van der Waals surface area contributed by atoms with Gasteiger partial charge in [0.2, 0.25) is 5.88 Å². The predicted octanol–water partition coefficient (Wildman–Crippen LogP) is 4.45. The molecule has 4 aromatic rings. The van der Waals surface area contributed by atoms with E-state index in [4.69, 9.17) is 9.47 Å². The number of ketones is 1. The maximum atomic E-state index is 13.9. The van der Waals surface area contributed by atoms with Gasteiger partial charge in [-0.15, -0.1) is 4.80 Å². The average molecular weight is 533 g/mol. The molecule has 0 aromatic carbocycles. The fourth-order valence-electron chi connectivity index (χ4n) is 4.45. The molecule has 1 fully saturated rings. The summed E-state index contributed by atoms with van der Waals surface area (Å²) in [6.07, 6.45) is 0.808. The van der Waals surface area contributed by atoms with Crippen LogP contribution in [0, 0.1) is 12.8 Å². The molecule has 9 nitrogen and oxygen atoms in total. The van der Waals surface area contributed by atoms with Gasteiger partial charge in [-0.25, -0.2) is 9.97 Å². The lowest BCUT2D eigenvalue weighted by Gasteiger charge is -2.19. The highest BCUT2D eigenvalue weighted by atomic mass is 32.1. The first-order valence-electron chi connectivity index (χ1n) is 11.5. The number of hydrogen-bond acceptors (Lipinski definition) is 9. The fourth-order valence-corrected chi connectivity index (χ4v) is 5.22. The quantitative estimate of drug-likeness (QED) is 0.311. The van der Waals surface area contributed by atoms with Crippen molar-refractivity contribution in [1.29, 1.82) is 0 Å². The topological polar surface area (TPSA) is 105 Å². The molecular weight excluding hydrogens is 509 g/mol. The number of alkyl halides is 3. The largest absolute Gasteiger partial charge is 0.481 e. The number of halogens is 3. The SMILES string of the molecule is COc1nc(-n2nccn2)c(C(F)(F)F)cc1CC(=O)Cc1cnc2sc(C)nc2c1C(OC)C1CC1. The first-order chi connectivity index (χ1) is 17.7. The third kappa shape index (κ3) is 5.05. The van der Waals surface area contributed by atoms with Crippen LogP contribution in [-0.4, -0.2) is 49.9 Å². The van der Waals surface area contributed by atoms with Crippen molar-refractivity contribution < 1.29 is 27.4 Å². The Morgan fingerprint density at radius 3 is 2.49 bits per heavy atom. The molecule has 0 amide bonds. The molecule has 37 heavy (non-hydrogen) atoms. The van der Waals surface area contributed by atoms with Gasteiger partial charge in [0.1, 0.15) is 21.7 Å². The van der Waals surface area contributed by atoms with E-state index >= 15 is 0 Å². The van der Waals surface area contributed by atoms with Crippen LogP contribution in [0.3, 0.4) is 0 Å². The molecule has 5 rings (SSSR count). The Hall–Kier alpha value is -3.45. The van der Waals surface area contributed by atoms with Crippen molar-refractivity contribution in [2.24, 2.45) is 5.92 Å². The van der Waals surface area contributed by atoms with E-state index in [1.54, 1.807) is 13.3 Å². The Balaban J connectivity index is 1.50. The Bertz CT molecular complexity index is 1450. The lowest BCUT2D eigenvalue weighted by molar-refractivity contribution is -0.138. The zero-order valence-corrected chi connectivity index (χ0v) is 21.1. The van der Waals surface area contributed by atoms with Crippen LogP contribution in [0.1, 0.15) is 46.2 Å². The number of fused-ring (bicyclic) bond motifs is 1. The summed E-state index contributed by atoms with van der Waals surface area (Å²) < 4.78 is 52.7. The first-order valence-corrected chi connectivity index (χ1v) is 12.3. The Kier molecular flexibility index (Phi) is 6.67. The number of carbonyl (C=O) groups is 1. The molecule has 1 unspecified atom stereocenters. The lowest BCUT2D eigenvalue weighted by Crippen LogP contribution is -2.18. The van der Waals surface area contributed by atoms with Crippen molar-refractivity contribution in [2.75, 3.05) is 14.2 Å². The summed E-state index contributed by atoms with van der Waals surface area (Å²) in [5.41, 5.74) is 1.14. The maximum Gasteiger partial charge on any atom is 0.420 e. The smallest absolute Gasteiger partial charge is 0.420 e. The van der Waals surface area contributed by atoms with E-state index in [9.17, 15) is 18.0 Å². The number of carbonyl (C=O) groups excluding carboxylic acids is 1. The summed E-state index contributed by atoms with van der Waals surface area (Å²) in [6, 6.07) is 0.872. The normalized spacial score (nSPS) is 14.8. The average Bonchev–Trinajstić information content (AvgIpc) is 3.38. The minimum atomic E-state index is -4.75. The van der Waals surface area contributed by atoms with Gasteiger partial charge >= 0.3 is 6.18 Å². The number of nitrogens with zero attached hydrogens (tertiary/aromatic N) is 6. The molecule has 4 heterocycles. The summed E-state index contributed by atoms with van der Waals surface area (Å²) in [5.74, 6) is -0.634. The van der Waals surface area contributed by atoms with Crippen molar-refractivity contribution in [1.82, 2.24) is 29.9 Å². The second-order valence-corrected chi connectivity index (χ2v) is 10.00. The standard InChI is InChI=1S/C24H23F3N6O3S/c1-12-31-19-18(20(35-2)13-4-5-13)15(11-28-23(19)37-12)9-16(34)8-14-10-17(24(25,26)27)21(32-22(14)36-3)33-29-6-7-30-33/h6-7,10-11,13,20H,4-5,8-9H2,1-3H3. The van der Waals surface area contributed by atoms with Gasteiger partial charge < -0.3 is 9.47 Å². The summed E-state index contributed by atoms with van der Waals surface area (Å²) >= 11 is 1.46. The Morgan fingerprint density at radius 1 is 1.16 bits per heavy atom. The zero-order valence-electron chi connectivity index (χ0n) is 20.2. The van der Waals surface area contributed by atoms with Crippen molar-refractivity contribution in [3.05, 3.63) is 51.9 Å². The van der Waals surface area contributed by atoms with Gasteiger partial charge in [0, 0.05) is 37.3 Å². The second kappa shape index (κ2) is 9.78. The number of aromatic nitrogens is 6. The van der Waals surface area contributed by atoms with E-state index in [1.807, 2.05) is 6.92 Å². The van der Waals surface area contributed by atoms with Crippen LogP contribution in [0.2, 0.25) is 0 Å². The molecule has 0 bridgehead atoms. The number of rotatable bonds is 9. The number of thiazole rings is 1. The van der Waals surface area contributed by atoms with Gasteiger partial charge in [0.25, 0.3) is 0 Å². The highest BCUT2D eigenvalue weighted by Crippen LogP contribution is 2.46. The zero-order chi connectivity index (χ0) is 26.3. The van der Waals surface area contributed by atoms with E-state index in [-0.39, 0.29) is 36.2 Å². The van der Waals surface area contributed by atoms with Crippen LogP contribution in [0.5, 0.6) is 5.88 Å². The highest BCUT2D eigenvalue weighted by molar-refractivity contribution is 7.18. The number of hydrogen-bond donors (Lipinski definition) is 0. The predicted molar refractivity (Wildman–Crippen MR) is 128 cm³/mol. The summed E-state index contributed by atoms with van der Waals surface area (Å²) in [4.78, 5) is 27.9. The second-order valence-electron chi connectivity index (χ2n) is 8.81. The molecule has 194 valence electrons. The van der Waals surface area contributed by atoms with Gasteiger partial charge in [-0.2, -0.15) is 28.4 Å². The van der Waals surface area contributed by atoms with Crippen molar-refractivity contribution in [3.63, 3.8) is 0 Å². The van der Waals surface area contributed by atoms with E-state index in [0.29, 0.717) is 17.0 Å². The fraction of sp³-hybridized carbons (Fsp3) is 0.417. The van der Waals surface area contributed by atoms with E-state index in [1.165, 1.54) is 30.8 Å². The lowest BCUT2D eigenvalue weighted by atomic mass is 9.95. The third-order valence-electron chi connectivity index (χ3n) is 6.17. The van der Waals surface area contributed by atoms with Crippen molar-refractivity contribution in [3.8, 4) is 11.7 Å². The monoisotopic (exact) mass is 532 g/mol. The molecule has 1 aliphatic rings. The number of aryl methyl sites for hydroxylation is 1. The summed E-state index contributed by atoms with van der Waals surface area (Å²) in [7, 11) is 2.91. The van der Waals surface area contributed by atoms with Crippen molar-refractivity contribution in [2.45, 2.75) is 44.9 Å². The van der Waals surface area contributed by atoms with Gasteiger partial charge in [-0.3, -0.25) is 4.79 Å². The van der Waals surface area contributed by atoms with Crippen LogP contribution < -0.4 is 4.74 Å². The van der Waals surface area contributed by atoms with Crippen LogP contribution in [-0.2, 0) is 28.5 Å². The van der Waals surface area contributed by atoms with Gasteiger partial charge in [0.05, 0.1) is 30.6 Å². The van der Waals surface area contributed by atoms with E-state index in [2.05, 4.69) is 25.1 Å². The Morgan fingerprint density at radius 2 is 1.86 bits per heavy atom. The summed E-state index contributed by atoms with van der Waals surface area (Å²) in [6.45, 7) is 1.89. The molecule has 4 aromatic heterocycles. The van der Waals surface area contributed by atoms with Crippen LogP contribution in [0.15, 0.2) is 24.7 Å². The van der Waals surface area contributed by atoms with Gasteiger partial charge in [-0.1, -0.05) is 11.3 Å². The third-order valence-corrected chi connectivity index (χ3v) is 7.05. The number of methoxy groups -OCH3 is 2. The molecule has 1 saturated carbocycles. The first kappa shape index (κ1) is 25.2. The number of Topliss-reactive ketones (excluding diaryl/α,β-unsaturated/α-hetero) is 1. The molecule has 0 spiro atoms. The summed E-state index contributed by atoms with van der Waals surface area (Å²) in [5, 5.41) is 8.37. The van der Waals surface area contributed by atoms with E-state index < -0.39 is 17.6 Å². The van der Waals surface area contributed by atoms with Crippen LogP contribution in [0.4, 0.5) is 13.2 Å². The Labute approximate surface area is 213 Å². The molecular formula is C24H23F3N6O3S. The van der Waals surface area contributed by atoms with Gasteiger partial charge in [-0.05, 0) is 37.3 Å². The minimum Gasteiger partial charge on any atom is -0.481 e. The minimum absolute atomic E-state index is 0.0151. The van der Waals surface area contributed by atoms with E-state index in [0.717, 1.165) is 39.1 Å². The number of ether oxygens (including phenoxy) is 2. The molecule has 0 N–H and O–H groups in total. The highest BCUT2D eigenvalue weighted by Gasteiger charge is 2.38. The molecule has 1 atom stereocenters. The molecule has 0 saturated heterocycles.